The highest BCUT2D eigenvalue weighted by Gasteiger charge is 2.14. The fourth-order valence-corrected chi connectivity index (χ4v) is 3.44. The third-order valence-corrected chi connectivity index (χ3v) is 5.36. The Bertz CT molecular complexity index is 930. The van der Waals surface area contributed by atoms with Crippen molar-refractivity contribution in [2.24, 2.45) is 0 Å². The van der Waals surface area contributed by atoms with Crippen LogP contribution < -0.4 is 15.4 Å². The lowest BCUT2D eigenvalue weighted by Gasteiger charge is -2.10. The summed E-state index contributed by atoms with van der Waals surface area (Å²) in [6.45, 7) is 1.60. The van der Waals surface area contributed by atoms with Gasteiger partial charge in [-0.25, -0.2) is 17.5 Å². The average Bonchev–Trinajstić information content (AvgIpc) is 2.67. The van der Waals surface area contributed by atoms with E-state index >= 15 is 0 Å². The largest absolute Gasteiger partial charge is 0.347 e. The van der Waals surface area contributed by atoms with Gasteiger partial charge in [0, 0.05) is 18.7 Å². The van der Waals surface area contributed by atoms with Crippen LogP contribution in [0, 0.1) is 5.82 Å². The second-order valence-electron chi connectivity index (χ2n) is 5.94. The fourth-order valence-electron chi connectivity index (χ4n) is 2.41. The van der Waals surface area contributed by atoms with Crippen LogP contribution in [0.5, 0.6) is 0 Å². The summed E-state index contributed by atoms with van der Waals surface area (Å²) in [6, 6.07) is 11.7. The first-order valence-corrected chi connectivity index (χ1v) is 10.2. The van der Waals surface area contributed by atoms with Gasteiger partial charge >= 0.3 is 0 Å². The van der Waals surface area contributed by atoms with Crippen LogP contribution >= 0.6 is 0 Å². The molecule has 150 valence electrons. The van der Waals surface area contributed by atoms with E-state index < -0.39 is 21.7 Å². The van der Waals surface area contributed by atoms with E-state index in [0.717, 1.165) is 36.2 Å². The first kappa shape index (κ1) is 21.5. The van der Waals surface area contributed by atoms with Crippen LogP contribution in [0.15, 0.2) is 53.4 Å². The number of carbonyl (C=O) groups excluding carboxylic acids is 2. The first-order valence-electron chi connectivity index (χ1n) is 8.71. The Kier molecular flexibility index (Phi) is 7.65. The summed E-state index contributed by atoms with van der Waals surface area (Å²) in [5.74, 6) is -1.39. The molecular formula is C19H22FN3O4S. The number of para-hydroxylation sites is 1. The van der Waals surface area contributed by atoms with E-state index in [1.807, 2.05) is 19.1 Å². The summed E-state index contributed by atoms with van der Waals surface area (Å²) in [6.07, 6.45) is 0.621. The van der Waals surface area contributed by atoms with E-state index in [2.05, 4.69) is 15.4 Å². The van der Waals surface area contributed by atoms with E-state index in [1.165, 1.54) is 0 Å². The standard InChI is InChI=1S/C19H22FN3O4S/c1-2-14-5-3-4-6-17(14)23-19(25)13-21-18(24)11-12-22-28(26,27)16-9-7-15(20)8-10-16/h3-10,22H,2,11-13H2,1H3,(H,21,24)(H,23,25). The Hall–Kier alpha value is -2.78. The van der Waals surface area contributed by atoms with Crippen molar-refractivity contribution in [2.45, 2.75) is 24.7 Å². The molecule has 0 saturated heterocycles. The zero-order valence-corrected chi connectivity index (χ0v) is 16.2. The second kappa shape index (κ2) is 9.95. The van der Waals surface area contributed by atoms with Crippen LogP contribution in [0.4, 0.5) is 10.1 Å². The quantitative estimate of drug-likeness (QED) is 0.590. The van der Waals surface area contributed by atoms with Crippen molar-refractivity contribution in [1.82, 2.24) is 10.0 Å². The molecule has 0 aliphatic rings. The van der Waals surface area contributed by atoms with Crippen molar-refractivity contribution >= 4 is 27.5 Å². The van der Waals surface area contributed by atoms with Crippen LogP contribution in [0.3, 0.4) is 0 Å². The molecule has 3 N–H and O–H groups in total. The molecule has 2 aromatic rings. The van der Waals surface area contributed by atoms with Crippen LogP contribution in [0.1, 0.15) is 18.9 Å². The van der Waals surface area contributed by atoms with Gasteiger partial charge in [-0.3, -0.25) is 9.59 Å². The molecule has 0 heterocycles. The molecule has 28 heavy (non-hydrogen) atoms. The number of aryl methyl sites for hydroxylation is 1. The SMILES string of the molecule is CCc1ccccc1NC(=O)CNC(=O)CCNS(=O)(=O)c1ccc(F)cc1. The van der Waals surface area contributed by atoms with E-state index in [4.69, 9.17) is 0 Å². The van der Waals surface area contributed by atoms with Gasteiger partial charge in [0.1, 0.15) is 5.82 Å². The Morgan fingerprint density at radius 3 is 2.36 bits per heavy atom. The number of halogens is 1. The molecule has 0 aromatic heterocycles. The van der Waals surface area contributed by atoms with Gasteiger partial charge in [-0.15, -0.1) is 0 Å². The molecule has 0 unspecified atom stereocenters. The Balaban J connectivity index is 1.75. The van der Waals surface area contributed by atoms with E-state index in [0.29, 0.717) is 5.69 Å². The predicted octanol–water partition coefficient (Wildman–Crippen LogP) is 1.81. The summed E-state index contributed by atoms with van der Waals surface area (Å²) in [5.41, 5.74) is 1.67. The fraction of sp³-hybridized carbons (Fsp3) is 0.263. The summed E-state index contributed by atoms with van der Waals surface area (Å²) in [7, 11) is -3.83. The minimum atomic E-state index is -3.83. The molecule has 2 rings (SSSR count). The Morgan fingerprint density at radius 1 is 1.00 bits per heavy atom. The maximum absolute atomic E-state index is 12.9. The zero-order valence-electron chi connectivity index (χ0n) is 15.4. The van der Waals surface area contributed by atoms with Gasteiger partial charge < -0.3 is 10.6 Å². The number of sulfonamides is 1. The summed E-state index contributed by atoms with van der Waals surface area (Å²) in [4.78, 5) is 23.7. The number of amides is 2. The van der Waals surface area contributed by atoms with Crippen molar-refractivity contribution < 1.29 is 22.4 Å². The number of anilines is 1. The Morgan fingerprint density at radius 2 is 1.68 bits per heavy atom. The average molecular weight is 407 g/mol. The van der Waals surface area contributed by atoms with Crippen molar-refractivity contribution in [3.63, 3.8) is 0 Å². The molecule has 2 aromatic carbocycles. The highest BCUT2D eigenvalue weighted by Crippen LogP contribution is 2.15. The molecule has 0 atom stereocenters. The van der Waals surface area contributed by atoms with E-state index in [9.17, 15) is 22.4 Å². The second-order valence-corrected chi connectivity index (χ2v) is 7.70. The van der Waals surface area contributed by atoms with Crippen molar-refractivity contribution in [3.8, 4) is 0 Å². The molecule has 0 saturated carbocycles. The van der Waals surface area contributed by atoms with Gasteiger partial charge in [0.15, 0.2) is 0 Å². The lowest BCUT2D eigenvalue weighted by Crippen LogP contribution is -2.35. The van der Waals surface area contributed by atoms with Gasteiger partial charge in [0.2, 0.25) is 21.8 Å². The highest BCUT2D eigenvalue weighted by molar-refractivity contribution is 7.89. The van der Waals surface area contributed by atoms with Gasteiger partial charge in [-0.1, -0.05) is 25.1 Å². The van der Waals surface area contributed by atoms with Crippen molar-refractivity contribution in [1.29, 1.82) is 0 Å². The third-order valence-electron chi connectivity index (χ3n) is 3.89. The highest BCUT2D eigenvalue weighted by atomic mass is 32.2. The minimum absolute atomic E-state index is 0.0942. The molecule has 0 spiro atoms. The number of hydrogen-bond acceptors (Lipinski definition) is 4. The molecule has 0 aliphatic heterocycles. The summed E-state index contributed by atoms with van der Waals surface area (Å²) < 4.78 is 39.2. The lowest BCUT2D eigenvalue weighted by atomic mass is 10.1. The molecule has 2 amide bonds. The molecular weight excluding hydrogens is 385 g/mol. The maximum Gasteiger partial charge on any atom is 0.243 e. The molecule has 0 aliphatic carbocycles. The number of benzene rings is 2. The minimum Gasteiger partial charge on any atom is -0.347 e. The predicted molar refractivity (Wildman–Crippen MR) is 104 cm³/mol. The van der Waals surface area contributed by atoms with Gasteiger partial charge in [0.25, 0.3) is 0 Å². The normalized spacial score (nSPS) is 11.1. The molecule has 0 radical (unpaired) electrons. The Labute approximate surface area is 163 Å². The van der Waals surface area contributed by atoms with Crippen LogP contribution in [0.25, 0.3) is 0 Å². The lowest BCUT2D eigenvalue weighted by molar-refractivity contribution is -0.124. The van der Waals surface area contributed by atoms with E-state index in [1.54, 1.807) is 12.1 Å². The summed E-state index contributed by atoms with van der Waals surface area (Å²) >= 11 is 0. The smallest absolute Gasteiger partial charge is 0.243 e. The zero-order chi connectivity index (χ0) is 20.6. The van der Waals surface area contributed by atoms with Crippen LogP contribution in [-0.4, -0.2) is 33.3 Å². The molecule has 7 nitrogen and oxygen atoms in total. The molecule has 0 bridgehead atoms. The van der Waals surface area contributed by atoms with Crippen molar-refractivity contribution in [3.05, 3.63) is 59.9 Å². The number of carbonyl (C=O) groups is 2. The number of rotatable bonds is 9. The van der Waals surface area contributed by atoms with Gasteiger partial charge in [0.05, 0.1) is 11.4 Å². The summed E-state index contributed by atoms with van der Waals surface area (Å²) in [5, 5.41) is 5.17. The topological polar surface area (TPSA) is 104 Å². The number of hydrogen-bond donors (Lipinski definition) is 3. The van der Waals surface area contributed by atoms with Gasteiger partial charge in [-0.05, 0) is 42.3 Å². The first-order chi connectivity index (χ1) is 13.3. The molecule has 0 fully saturated rings. The maximum atomic E-state index is 12.9. The third kappa shape index (κ3) is 6.43. The number of nitrogens with one attached hydrogen (secondary N) is 3. The molecule has 9 heteroatoms. The van der Waals surface area contributed by atoms with Gasteiger partial charge in [-0.2, -0.15) is 0 Å². The van der Waals surface area contributed by atoms with Crippen LogP contribution in [-0.2, 0) is 26.0 Å². The van der Waals surface area contributed by atoms with Crippen molar-refractivity contribution in [2.75, 3.05) is 18.4 Å². The van der Waals surface area contributed by atoms with Crippen LogP contribution in [0.2, 0.25) is 0 Å². The monoisotopic (exact) mass is 407 g/mol. The van der Waals surface area contributed by atoms with E-state index in [-0.39, 0.29) is 30.3 Å².